The van der Waals surface area contributed by atoms with Gasteiger partial charge in [-0.25, -0.2) is 0 Å². The molecule has 1 amide bonds. The molecule has 0 saturated carbocycles. The van der Waals surface area contributed by atoms with E-state index in [9.17, 15) is 4.79 Å². The Kier molecular flexibility index (Phi) is 4.60. The maximum absolute atomic E-state index is 12.4. The van der Waals surface area contributed by atoms with E-state index in [0.717, 1.165) is 27.8 Å². The lowest BCUT2D eigenvalue weighted by atomic mass is 10.1. The second-order valence-electron chi connectivity index (χ2n) is 4.76. The SMILES string of the molecule is CCn1cc(Br)c(CN(C)C(=O)c2ccccc2C)n1. The van der Waals surface area contributed by atoms with E-state index < -0.39 is 0 Å². The van der Waals surface area contributed by atoms with Crippen LogP contribution in [0.2, 0.25) is 0 Å². The summed E-state index contributed by atoms with van der Waals surface area (Å²) < 4.78 is 2.79. The summed E-state index contributed by atoms with van der Waals surface area (Å²) in [4.78, 5) is 14.1. The molecule has 0 spiro atoms. The molecule has 1 aromatic carbocycles. The summed E-state index contributed by atoms with van der Waals surface area (Å²) >= 11 is 3.48. The topological polar surface area (TPSA) is 38.1 Å². The maximum atomic E-state index is 12.4. The van der Waals surface area contributed by atoms with Crippen molar-refractivity contribution in [2.75, 3.05) is 7.05 Å². The lowest BCUT2D eigenvalue weighted by molar-refractivity contribution is 0.0782. The normalized spacial score (nSPS) is 10.6. The molecule has 4 nitrogen and oxygen atoms in total. The van der Waals surface area contributed by atoms with Gasteiger partial charge in [0, 0.05) is 25.4 Å². The van der Waals surface area contributed by atoms with Crippen molar-refractivity contribution in [1.29, 1.82) is 0 Å². The van der Waals surface area contributed by atoms with Crippen LogP contribution < -0.4 is 0 Å². The van der Waals surface area contributed by atoms with E-state index in [1.807, 2.05) is 49.0 Å². The fourth-order valence-corrected chi connectivity index (χ4v) is 2.46. The number of hydrogen-bond acceptors (Lipinski definition) is 2. The van der Waals surface area contributed by atoms with Crippen molar-refractivity contribution in [2.45, 2.75) is 26.9 Å². The number of rotatable bonds is 4. The molecule has 5 heteroatoms. The van der Waals surface area contributed by atoms with Gasteiger partial charge in [0.15, 0.2) is 0 Å². The standard InChI is InChI=1S/C15H18BrN3O/c1-4-19-9-13(16)14(17-19)10-18(3)15(20)12-8-6-5-7-11(12)2/h5-9H,4,10H2,1-3H3. The molecular weight excluding hydrogens is 318 g/mol. The Morgan fingerprint density at radius 2 is 2.10 bits per heavy atom. The third-order valence-electron chi connectivity index (χ3n) is 3.22. The molecule has 20 heavy (non-hydrogen) atoms. The van der Waals surface area contributed by atoms with Gasteiger partial charge in [0.25, 0.3) is 5.91 Å². The Labute approximate surface area is 127 Å². The first-order valence-corrected chi connectivity index (χ1v) is 7.35. The second kappa shape index (κ2) is 6.22. The van der Waals surface area contributed by atoms with Gasteiger partial charge in [-0.2, -0.15) is 5.10 Å². The Hall–Kier alpha value is -1.62. The van der Waals surface area contributed by atoms with Crippen molar-refractivity contribution < 1.29 is 4.79 Å². The van der Waals surface area contributed by atoms with Crippen LogP contribution >= 0.6 is 15.9 Å². The molecule has 0 fully saturated rings. The molecule has 0 radical (unpaired) electrons. The van der Waals surface area contributed by atoms with E-state index >= 15 is 0 Å². The van der Waals surface area contributed by atoms with E-state index in [1.165, 1.54) is 0 Å². The third-order valence-corrected chi connectivity index (χ3v) is 3.88. The molecule has 106 valence electrons. The highest BCUT2D eigenvalue weighted by molar-refractivity contribution is 9.10. The quantitative estimate of drug-likeness (QED) is 0.860. The lowest BCUT2D eigenvalue weighted by Gasteiger charge is -2.17. The highest BCUT2D eigenvalue weighted by Crippen LogP contribution is 2.18. The number of aryl methyl sites for hydroxylation is 2. The monoisotopic (exact) mass is 335 g/mol. The van der Waals surface area contributed by atoms with Crippen LogP contribution in [0, 0.1) is 6.92 Å². The van der Waals surface area contributed by atoms with Crippen LogP contribution in [0.4, 0.5) is 0 Å². The minimum atomic E-state index is 0.0149. The van der Waals surface area contributed by atoms with Gasteiger partial charge in [-0.1, -0.05) is 18.2 Å². The Morgan fingerprint density at radius 3 is 2.70 bits per heavy atom. The molecule has 0 unspecified atom stereocenters. The first-order valence-electron chi connectivity index (χ1n) is 6.55. The number of carbonyl (C=O) groups excluding carboxylic acids is 1. The zero-order valence-corrected chi connectivity index (χ0v) is 13.5. The van der Waals surface area contributed by atoms with Crippen molar-refractivity contribution in [3.8, 4) is 0 Å². The number of benzene rings is 1. The molecule has 0 atom stereocenters. The fraction of sp³-hybridized carbons (Fsp3) is 0.333. The number of hydrogen-bond donors (Lipinski definition) is 0. The molecule has 1 aromatic heterocycles. The predicted molar refractivity (Wildman–Crippen MR) is 82.6 cm³/mol. The fourth-order valence-electron chi connectivity index (χ4n) is 2.02. The Bertz CT molecular complexity index is 621. The van der Waals surface area contributed by atoms with Crippen LogP contribution in [0.3, 0.4) is 0 Å². The molecule has 0 aliphatic rings. The summed E-state index contributed by atoms with van der Waals surface area (Å²) in [5, 5.41) is 4.44. The van der Waals surface area contributed by atoms with Crippen molar-refractivity contribution in [3.63, 3.8) is 0 Å². The van der Waals surface area contributed by atoms with Gasteiger partial charge in [-0.05, 0) is 41.4 Å². The minimum absolute atomic E-state index is 0.0149. The smallest absolute Gasteiger partial charge is 0.254 e. The molecule has 0 saturated heterocycles. The van der Waals surface area contributed by atoms with Crippen LogP contribution in [0.25, 0.3) is 0 Å². The molecule has 2 rings (SSSR count). The molecular formula is C15H18BrN3O. The lowest BCUT2D eigenvalue weighted by Crippen LogP contribution is -2.27. The number of carbonyl (C=O) groups is 1. The van der Waals surface area contributed by atoms with Gasteiger partial charge in [-0.15, -0.1) is 0 Å². The van der Waals surface area contributed by atoms with Crippen LogP contribution in [0.15, 0.2) is 34.9 Å². The van der Waals surface area contributed by atoms with Gasteiger partial charge in [-0.3, -0.25) is 9.48 Å². The maximum Gasteiger partial charge on any atom is 0.254 e. The van der Waals surface area contributed by atoms with Crippen LogP contribution in [0.5, 0.6) is 0 Å². The summed E-state index contributed by atoms with van der Waals surface area (Å²) in [5.41, 5.74) is 2.60. The van der Waals surface area contributed by atoms with Crippen molar-refractivity contribution in [2.24, 2.45) is 0 Å². The predicted octanol–water partition coefficient (Wildman–Crippen LogP) is 3.25. The molecule has 0 aliphatic heterocycles. The molecule has 0 aliphatic carbocycles. The molecule has 1 heterocycles. The van der Waals surface area contributed by atoms with Gasteiger partial charge >= 0.3 is 0 Å². The minimum Gasteiger partial charge on any atom is -0.336 e. The summed E-state index contributed by atoms with van der Waals surface area (Å²) in [6.07, 6.45) is 1.93. The van der Waals surface area contributed by atoms with Gasteiger partial charge in [0.05, 0.1) is 16.7 Å². The summed E-state index contributed by atoms with van der Waals surface area (Å²) in [6.45, 7) is 5.28. The van der Waals surface area contributed by atoms with Crippen molar-refractivity contribution in [3.05, 3.63) is 51.8 Å². The van der Waals surface area contributed by atoms with E-state index in [0.29, 0.717) is 6.54 Å². The van der Waals surface area contributed by atoms with Crippen molar-refractivity contribution >= 4 is 21.8 Å². The first kappa shape index (κ1) is 14.8. The first-order chi connectivity index (χ1) is 9.52. The highest BCUT2D eigenvalue weighted by atomic mass is 79.9. The van der Waals surface area contributed by atoms with Crippen molar-refractivity contribution in [1.82, 2.24) is 14.7 Å². The largest absolute Gasteiger partial charge is 0.336 e. The second-order valence-corrected chi connectivity index (χ2v) is 5.61. The number of amides is 1. The van der Waals surface area contributed by atoms with Gasteiger partial charge in [0.1, 0.15) is 0 Å². The average Bonchev–Trinajstić information content (AvgIpc) is 2.79. The average molecular weight is 336 g/mol. The van der Waals surface area contributed by atoms with E-state index in [4.69, 9.17) is 0 Å². The molecule has 0 N–H and O–H groups in total. The Balaban J connectivity index is 2.15. The van der Waals surface area contributed by atoms with E-state index in [-0.39, 0.29) is 5.91 Å². The van der Waals surface area contributed by atoms with Crippen LogP contribution in [0.1, 0.15) is 28.5 Å². The summed E-state index contributed by atoms with van der Waals surface area (Å²) in [6, 6.07) is 7.62. The molecule has 0 bridgehead atoms. The number of halogens is 1. The number of nitrogens with zero attached hydrogens (tertiary/aromatic N) is 3. The van der Waals surface area contributed by atoms with E-state index in [1.54, 1.807) is 11.9 Å². The third kappa shape index (κ3) is 3.10. The van der Waals surface area contributed by atoms with Gasteiger partial charge in [0.2, 0.25) is 0 Å². The van der Waals surface area contributed by atoms with Crippen LogP contribution in [-0.4, -0.2) is 27.6 Å². The zero-order chi connectivity index (χ0) is 14.7. The highest BCUT2D eigenvalue weighted by Gasteiger charge is 2.16. The number of aromatic nitrogens is 2. The summed E-state index contributed by atoms with van der Waals surface area (Å²) in [7, 11) is 1.80. The van der Waals surface area contributed by atoms with E-state index in [2.05, 4.69) is 21.0 Å². The molecule has 2 aromatic rings. The summed E-state index contributed by atoms with van der Waals surface area (Å²) in [5.74, 6) is 0.0149. The van der Waals surface area contributed by atoms with Crippen LogP contribution in [-0.2, 0) is 13.1 Å². The zero-order valence-electron chi connectivity index (χ0n) is 11.9. The van der Waals surface area contributed by atoms with Gasteiger partial charge < -0.3 is 4.90 Å². The Morgan fingerprint density at radius 1 is 1.40 bits per heavy atom.